The first kappa shape index (κ1) is 12.3. The van der Waals surface area contributed by atoms with Gasteiger partial charge in [0.2, 0.25) is 5.52 Å². The van der Waals surface area contributed by atoms with E-state index in [0.29, 0.717) is 11.1 Å². The van der Waals surface area contributed by atoms with E-state index in [2.05, 4.69) is 0 Å². The average Bonchev–Trinajstić information content (AvgIpc) is 2.53. The molecule has 0 fully saturated rings. The maximum absolute atomic E-state index is 11.7. The minimum atomic E-state index is -0.476. The Morgan fingerprint density at radius 2 is 2.00 bits per heavy atom. The van der Waals surface area contributed by atoms with Gasteiger partial charge in [-0.1, -0.05) is 0 Å². The van der Waals surface area contributed by atoms with Gasteiger partial charge in [0.1, 0.15) is 23.7 Å². The van der Waals surface area contributed by atoms with Crippen LogP contribution in [-0.4, -0.2) is 16.3 Å². The smallest absolute Gasteiger partial charge is 0.254 e. The number of nitrogens with zero attached hydrogens (tertiary/aromatic N) is 2. The van der Waals surface area contributed by atoms with E-state index in [1.54, 1.807) is 30.8 Å². The quantitative estimate of drug-likeness (QED) is 0.623. The highest BCUT2D eigenvalue weighted by atomic mass is 16.1. The van der Waals surface area contributed by atoms with Crippen molar-refractivity contribution in [2.24, 2.45) is 19.8 Å². The predicted octanol–water partition coefficient (Wildman–Crippen LogP) is 0.613. The van der Waals surface area contributed by atoms with Gasteiger partial charge in [0.25, 0.3) is 5.91 Å². The monoisotopic (exact) mass is 246 g/mol. The summed E-state index contributed by atoms with van der Waals surface area (Å²) in [5.41, 5.74) is 8.96. The van der Waals surface area contributed by atoms with Crippen LogP contribution in [0, 0.1) is 6.92 Å². The number of amides is 1. The molecule has 0 aliphatic heterocycles. The number of aromatic nitrogens is 2. The molecule has 0 aliphatic rings. The zero-order chi connectivity index (χ0) is 13.6. The highest BCUT2D eigenvalue weighted by Gasteiger charge is 2.24. The molecule has 2 aromatic rings. The van der Waals surface area contributed by atoms with Crippen molar-refractivity contribution in [3.05, 3.63) is 29.1 Å². The Kier molecular flexibility index (Phi) is 2.69. The van der Waals surface area contributed by atoms with Crippen LogP contribution in [0.3, 0.4) is 0 Å². The number of rotatable bonds is 2. The van der Waals surface area contributed by atoms with Crippen molar-refractivity contribution in [1.82, 2.24) is 4.57 Å². The Morgan fingerprint density at radius 3 is 2.50 bits per heavy atom. The number of hydrogen-bond acceptors (Lipinski definition) is 2. The maximum atomic E-state index is 11.7. The van der Waals surface area contributed by atoms with Crippen LogP contribution >= 0.6 is 0 Å². The molecule has 2 rings (SSSR count). The first-order chi connectivity index (χ1) is 8.34. The normalized spacial score (nSPS) is 10.9. The summed E-state index contributed by atoms with van der Waals surface area (Å²) in [5.74, 6) is -0.462. The molecular weight excluding hydrogens is 230 g/mol. The number of Topliss-reactive ketones (excluding diaryl/α,β-unsaturated/α-hetero) is 1. The first-order valence-corrected chi connectivity index (χ1v) is 5.64. The van der Waals surface area contributed by atoms with E-state index in [-0.39, 0.29) is 5.78 Å². The lowest BCUT2D eigenvalue weighted by Crippen LogP contribution is -2.32. The first-order valence-electron chi connectivity index (χ1n) is 5.64. The molecule has 0 aromatic carbocycles. The maximum Gasteiger partial charge on any atom is 0.254 e. The van der Waals surface area contributed by atoms with E-state index in [1.807, 2.05) is 18.5 Å². The van der Waals surface area contributed by atoms with E-state index in [0.717, 1.165) is 16.7 Å². The topological polar surface area (TPSA) is 69.0 Å². The van der Waals surface area contributed by atoms with Gasteiger partial charge in [0, 0.05) is 12.7 Å². The van der Waals surface area contributed by atoms with Gasteiger partial charge in [0.15, 0.2) is 12.0 Å². The zero-order valence-electron chi connectivity index (χ0n) is 10.9. The van der Waals surface area contributed by atoms with E-state index < -0.39 is 5.91 Å². The molecule has 5 nitrogen and oxygen atoms in total. The van der Waals surface area contributed by atoms with Gasteiger partial charge in [-0.05, 0) is 19.9 Å². The second kappa shape index (κ2) is 3.94. The second-order valence-electron chi connectivity index (χ2n) is 4.51. The molecule has 2 N–H and O–H groups in total. The average molecular weight is 246 g/mol. The Labute approximate surface area is 105 Å². The van der Waals surface area contributed by atoms with Gasteiger partial charge in [-0.2, -0.15) is 4.57 Å². The lowest BCUT2D eigenvalue weighted by molar-refractivity contribution is -0.645. The van der Waals surface area contributed by atoms with Gasteiger partial charge in [-0.25, -0.2) is 0 Å². The van der Waals surface area contributed by atoms with Crippen LogP contribution in [0.2, 0.25) is 0 Å². The molecule has 2 aromatic heterocycles. The molecule has 0 bridgehead atoms. The van der Waals surface area contributed by atoms with Gasteiger partial charge in [-0.15, -0.1) is 0 Å². The number of carbonyl (C=O) groups is 2. The highest BCUT2D eigenvalue weighted by molar-refractivity contribution is 6.06. The Hall–Kier alpha value is -2.17. The molecule has 0 atom stereocenters. The fourth-order valence-corrected chi connectivity index (χ4v) is 2.34. The largest absolute Gasteiger partial charge is 0.365 e. The number of nitrogens with two attached hydrogens (primary N) is 1. The molecule has 0 saturated heterocycles. The third-order valence-electron chi connectivity index (χ3n) is 3.32. The molecule has 0 unspecified atom stereocenters. The molecule has 5 heteroatoms. The van der Waals surface area contributed by atoms with E-state index in [1.165, 1.54) is 0 Å². The van der Waals surface area contributed by atoms with Crippen molar-refractivity contribution < 1.29 is 14.2 Å². The summed E-state index contributed by atoms with van der Waals surface area (Å²) in [6.45, 7) is 3.43. The summed E-state index contributed by atoms with van der Waals surface area (Å²) >= 11 is 0. The van der Waals surface area contributed by atoms with Crippen LogP contribution in [0.1, 0.15) is 33.3 Å². The summed E-state index contributed by atoms with van der Waals surface area (Å²) < 4.78 is 3.68. The Morgan fingerprint density at radius 1 is 1.39 bits per heavy atom. The van der Waals surface area contributed by atoms with Crippen LogP contribution in [0.25, 0.3) is 11.0 Å². The minimum Gasteiger partial charge on any atom is -0.365 e. The molecule has 18 heavy (non-hydrogen) atoms. The fourth-order valence-electron chi connectivity index (χ4n) is 2.34. The third-order valence-corrected chi connectivity index (χ3v) is 3.32. The van der Waals surface area contributed by atoms with Crippen LogP contribution in [0.5, 0.6) is 0 Å². The van der Waals surface area contributed by atoms with Crippen molar-refractivity contribution in [2.45, 2.75) is 13.8 Å². The number of primary amides is 1. The summed E-state index contributed by atoms with van der Waals surface area (Å²) in [6, 6.07) is 1.72. The number of pyridine rings is 1. The molecular formula is C13H16N3O2+. The Bertz CT molecular complexity index is 683. The fraction of sp³-hybridized carbons (Fsp3) is 0.308. The van der Waals surface area contributed by atoms with Gasteiger partial charge in [-0.3, -0.25) is 9.59 Å². The summed E-state index contributed by atoms with van der Waals surface area (Å²) in [4.78, 5) is 23.0. The molecule has 0 radical (unpaired) electrons. The lowest BCUT2D eigenvalue weighted by atomic mass is 10.1. The van der Waals surface area contributed by atoms with Crippen LogP contribution in [0.4, 0.5) is 0 Å². The third kappa shape index (κ3) is 1.59. The van der Waals surface area contributed by atoms with E-state index in [4.69, 9.17) is 5.73 Å². The molecule has 0 aliphatic carbocycles. The van der Waals surface area contributed by atoms with Crippen molar-refractivity contribution in [3.63, 3.8) is 0 Å². The molecule has 0 saturated carbocycles. The zero-order valence-corrected chi connectivity index (χ0v) is 10.9. The molecule has 94 valence electrons. The second-order valence-corrected chi connectivity index (χ2v) is 4.51. The minimum absolute atomic E-state index is 0.0144. The number of fused-ring (bicyclic) bond motifs is 1. The molecule has 0 spiro atoms. The van der Waals surface area contributed by atoms with E-state index in [9.17, 15) is 9.59 Å². The SMILES string of the molecule is CC(=O)c1c(C)n(C)c2cc(C(N)=O)c[n+](C)c12. The standard InChI is InChI=1S/C13H15N3O2/c1-7-11(8(2)17)12-10(16(7)4)5-9(13(14)18)6-15(12)3/h5-6H,1-4H3,(H-,14,18)/p+1. The summed E-state index contributed by atoms with van der Waals surface area (Å²) in [7, 11) is 3.68. The van der Waals surface area contributed by atoms with Gasteiger partial charge >= 0.3 is 0 Å². The molecule has 2 heterocycles. The van der Waals surface area contributed by atoms with Crippen LogP contribution in [0.15, 0.2) is 12.3 Å². The predicted molar refractivity (Wildman–Crippen MR) is 67.4 cm³/mol. The van der Waals surface area contributed by atoms with Crippen molar-refractivity contribution in [2.75, 3.05) is 0 Å². The number of hydrogen-bond donors (Lipinski definition) is 1. The van der Waals surface area contributed by atoms with Gasteiger partial charge in [0.05, 0.1) is 0 Å². The summed E-state index contributed by atoms with van der Waals surface area (Å²) in [6.07, 6.45) is 1.65. The number of carbonyl (C=O) groups excluding carboxylic acids is 2. The number of aryl methyl sites for hydroxylation is 2. The van der Waals surface area contributed by atoms with Crippen LogP contribution in [-0.2, 0) is 14.1 Å². The lowest BCUT2D eigenvalue weighted by Gasteiger charge is -1.99. The highest BCUT2D eigenvalue weighted by Crippen LogP contribution is 2.23. The molecule has 1 amide bonds. The van der Waals surface area contributed by atoms with Crippen molar-refractivity contribution in [1.29, 1.82) is 0 Å². The van der Waals surface area contributed by atoms with Gasteiger partial charge < -0.3 is 10.3 Å². The number of ketones is 1. The van der Waals surface area contributed by atoms with Crippen molar-refractivity contribution >= 4 is 22.7 Å². The van der Waals surface area contributed by atoms with Crippen LogP contribution < -0.4 is 10.3 Å². The van der Waals surface area contributed by atoms with Crippen molar-refractivity contribution in [3.8, 4) is 0 Å². The van der Waals surface area contributed by atoms with E-state index >= 15 is 0 Å². The summed E-state index contributed by atoms with van der Waals surface area (Å²) in [5, 5.41) is 0. The Balaban J connectivity index is 2.96.